The van der Waals surface area contributed by atoms with E-state index in [4.69, 9.17) is 14.2 Å². The number of hydrogen-bond acceptors (Lipinski definition) is 4. The van der Waals surface area contributed by atoms with Crippen LogP contribution in [0.5, 0.6) is 5.75 Å². The van der Waals surface area contributed by atoms with Gasteiger partial charge in [0.2, 0.25) is 0 Å². The molecule has 0 saturated carbocycles. The van der Waals surface area contributed by atoms with Crippen molar-refractivity contribution in [1.82, 2.24) is 4.98 Å². The molecule has 0 radical (unpaired) electrons. The van der Waals surface area contributed by atoms with Crippen LogP contribution in [-0.2, 0) is 9.47 Å². The summed E-state index contributed by atoms with van der Waals surface area (Å²) < 4.78 is 17.9. The van der Waals surface area contributed by atoms with Crippen molar-refractivity contribution in [3.63, 3.8) is 0 Å². The monoisotopic (exact) mass is 481 g/mol. The van der Waals surface area contributed by atoms with Crippen molar-refractivity contribution in [2.45, 2.75) is 104 Å². The second kappa shape index (κ2) is 16.7. The number of benzene rings is 1. The Morgan fingerprint density at radius 2 is 1.37 bits per heavy atom. The molecule has 1 aliphatic heterocycles. The van der Waals surface area contributed by atoms with E-state index in [9.17, 15) is 0 Å². The van der Waals surface area contributed by atoms with Gasteiger partial charge in [-0.15, -0.1) is 0 Å². The summed E-state index contributed by atoms with van der Waals surface area (Å²) in [5.74, 6) is 1.44. The van der Waals surface area contributed by atoms with Crippen molar-refractivity contribution < 1.29 is 14.2 Å². The van der Waals surface area contributed by atoms with Crippen molar-refractivity contribution >= 4 is 0 Å². The van der Waals surface area contributed by atoms with Gasteiger partial charge in [-0.3, -0.25) is 4.98 Å². The molecule has 194 valence electrons. The van der Waals surface area contributed by atoms with Gasteiger partial charge in [-0.05, 0) is 43.2 Å². The predicted octanol–water partition coefficient (Wildman–Crippen LogP) is 8.90. The fourth-order valence-corrected chi connectivity index (χ4v) is 4.63. The van der Waals surface area contributed by atoms with Gasteiger partial charge in [0.25, 0.3) is 0 Å². The van der Waals surface area contributed by atoms with Crippen molar-refractivity contribution in [2.24, 2.45) is 5.92 Å². The molecule has 2 aromatic rings. The van der Waals surface area contributed by atoms with E-state index in [1.54, 1.807) is 0 Å². The zero-order chi connectivity index (χ0) is 24.6. The predicted molar refractivity (Wildman–Crippen MR) is 145 cm³/mol. The molecule has 35 heavy (non-hydrogen) atoms. The van der Waals surface area contributed by atoms with Crippen LogP contribution in [0.2, 0.25) is 0 Å². The van der Waals surface area contributed by atoms with E-state index < -0.39 is 0 Å². The van der Waals surface area contributed by atoms with Gasteiger partial charge >= 0.3 is 0 Å². The number of unbranched alkanes of at least 4 members (excludes halogenated alkanes) is 10. The summed E-state index contributed by atoms with van der Waals surface area (Å²) in [4.78, 5) is 4.66. The highest BCUT2D eigenvalue weighted by molar-refractivity contribution is 5.60. The zero-order valence-electron chi connectivity index (χ0n) is 22.2. The van der Waals surface area contributed by atoms with Crippen LogP contribution >= 0.6 is 0 Å². The molecule has 1 aliphatic rings. The van der Waals surface area contributed by atoms with Gasteiger partial charge in [-0.25, -0.2) is 0 Å². The fraction of sp³-hybridized carbons (Fsp3) is 0.645. The van der Waals surface area contributed by atoms with Gasteiger partial charge in [-0.1, -0.05) is 90.5 Å². The van der Waals surface area contributed by atoms with Crippen LogP contribution in [0, 0.1) is 5.92 Å². The van der Waals surface area contributed by atoms with Gasteiger partial charge in [-0.2, -0.15) is 0 Å². The maximum absolute atomic E-state index is 6.04. The van der Waals surface area contributed by atoms with E-state index in [-0.39, 0.29) is 6.29 Å². The Labute approximate surface area is 213 Å². The molecule has 0 atom stereocenters. The lowest BCUT2D eigenvalue weighted by Gasteiger charge is -2.29. The van der Waals surface area contributed by atoms with Crippen LogP contribution in [0.15, 0.2) is 42.6 Å². The zero-order valence-corrected chi connectivity index (χ0v) is 22.2. The second-order valence-corrected chi connectivity index (χ2v) is 10.0. The Morgan fingerprint density at radius 1 is 0.743 bits per heavy atom. The first kappa shape index (κ1) is 27.7. The molecule has 1 aromatic heterocycles. The summed E-state index contributed by atoms with van der Waals surface area (Å²) in [6.07, 6.45) is 18.6. The number of ether oxygens (including phenoxy) is 3. The summed E-state index contributed by atoms with van der Waals surface area (Å²) in [6, 6.07) is 12.3. The Hall–Kier alpha value is -1.91. The lowest BCUT2D eigenvalue weighted by Crippen LogP contribution is -2.27. The van der Waals surface area contributed by atoms with Crippen LogP contribution in [-0.4, -0.2) is 24.8 Å². The molecule has 4 heteroatoms. The average molecular weight is 482 g/mol. The minimum Gasteiger partial charge on any atom is -0.494 e. The third kappa shape index (κ3) is 10.3. The Bertz CT molecular complexity index is 782. The smallest absolute Gasteiger partial charge is 0.185 e. The second-order valence-electron chi connectivity index (χ2n) is 10.0. The van der Waals surface area contributed by atoms with Crippen LogP contribution in [0.1, 0.15) is 109 Å². The molecule has 1 aromatic carbocycles. The third-order valence-corrected chi connectivity index (χ3v) is 6.91. The van der Waals surface area contributed by atoms with Gasteiger partial charge < -0.3 is 14.2 Å². The third-order valence-electron chi connectivity index (χ3n) is 6.91. The van der Waals surface area contributed by atoms with Crippen LogP contribution < -0.4 is 4.74 Å². The van der Waals surface area contributed by atoms with Gasteiger partial charge in [0, 0.05) is 23.2 Å². The van der Waals surface area contributed by atoms with E-state index >= 15 is 0 Å². The maximum atomic E-state index is 6.04. The van der Waals surface area contributed by atoms with E-state index in [1.165, 1.54) is 77.0 Å². The van der Waals surface area contributed by atoms with Gasteiger partial charge in [0.15, 0.2) is 6.29 Å². The normalized spacial score (nSPS) is 18.0. The molecule has 0 aliphatic carbocycles. The summed E-state index contributed by atoms with van der Waals surface area (Å²) >= 11 is 0. The summed E-state index contributed by atoms with van der Waals surface area (Å²) in [6.45, 7) is 6.85. The van der Waals surface area contributed by atoms with Gasteiger partial charge in [0.05, 0.1) is 25.5 Å². The Balaban J connectivity index is 1.34. The summed E-state index contributed by atoms with van der Waals surface area (Å²) in [7, 11) is 0. The van der Waals surface area contributed by atoms with Crippen molar-refractivity contribution in [3.8, 4) is 17.0 Å². The van der Waals surface area contributed by atoms with Crippen LogP contribution in [0.3, 0.4) is 0 Å². The molecular formula is C31H47NO3. The number of pyridine rings is 1. The molecule has 1 saturated heterocycles. The Morgan fingerprint density at radius 3 is 2.00 bits per heavy atom. The quantitative estimate of drug-likeness (QED) is 0.211. The van der Waals surface area contributed by atoms with Gasteiger partial charge in [0.1, 0.15) is 5.75 Å². The first-order chi connectivity index (χ1) is 17.3. The van der Waals surface area contributed by atoms with Crippen molar-refractivity contribution in [1.29, 1.82) is 0 Å². The summed E-state index contributed by atoms with van der Waals surface area (Å²) in [5.41, 5.74) is 3.03. The number of nitrogens with zero attached hydrogens (tertiary/aromatic N) is 1. The van der Waals surface area contributed by atoms with E-state index in [2.05, 4.69) is 43.1 Å². The molecule has 1 fully saturated rings. The number of hydrogen-bond donors (Lipinski definition) is 0. The summed E-state index contributed by atoms with van der Waals surface area (Å²) in [5, 5.41) is 0. The first-order valence-electron chi connectivity index (χ1n) is 14.2. The molecular weight excluding hydrogens is 434 g/mol. The highest BCUT2D eigenvalue weighted by Gasteiger charge is 2.23. The van der Waals surface area contributed by atoms with Crippen LogP contribution in [0.25, 0.3) is 11.3 Å². The first-order valence-corrected chi connectivity index (χ1v) is 14.2. The molecule has 2 heterocycles. The topological polar surface area (TPSA) is 40.6 Å². The fourth-order valence-electron chi connectivity index (χ4n) is 4.63. The number of aromatic nitrogens is 1. The van der Waals surface area contributed by atoms with Crippen molar-refractivity contribution in [3.05, 3.63) is 48.2 Å². The van der Waals surface area contributed by atoms with Crippen molar-refractivity contribution in [2.75, 3.05) is 19.8 Å². The lowest BCUT2D eigenvalue weighted by molar-refractivity contribution is -0.206. The molecule has 3 rings (SSSR count). The van der Waals surface area contributed by atoms with E-state index in [0.29, 0.717) is 5.92 Å². The molecule has 0 spiro atoms. The highest BCUT2D eigenvalue weighted by atomic mass is 16.7. The largest absolute Gasteiger partial charge is 0.494 e. The molecule has 0 unspecified atom stereocenters. The number of rotatable bonds is 17. The lowest BCUT2D eigenvalue weighted by atomic mass is 10.0. The minimum absolute atomic E-state index is 0.296. The van der Waals surface area contributed by atoms with E-state index in [1.807, 2.05) is 18.3 Å². The molecule has 0 amide bonds. The molecule has 0 bridgehead atoms. The van der Waals surface area contributed by atoms with Crippen LogP contribution in [0.4, 0.5) is 0 Å². The highest BCUT2D eigenvalue weighted by Crippen LogP contribution is 2.28. The minimum atomic E-state index is -0.296. The molecule has 0 N–H and O–H groups in total. The average Bonchev–Trinajstić information content (AvgIpc) is 2.91. The molecule has 4 nitrogen and oxygen atoms in total. The maximum Gasteiger partial charge on any atom is 0.185 e. The standard InChI is InChI=1S/C31H47NO3/c1-3-5-7-9-10-11-12-13-15-26-24-34-31(35-25-26)28-18-21-30(32-23-28)27-16-19-29(20-17-27)33-22-14-8-6-4-2/h16-21,23,26,31H,3-15,22,24-25H2,1-2H3/t26-,31-. The Kier molecular flexibility index (Phi) is 13.2. The van der Waals surface area contributed by atoms with E-state index in [0.717, 1.165) is 48.8 Å². The SMILES string of the molecule is CCCCCCCCCC[C@H]1CO[C@H](c2ccc(-c3ccc(OCCCCCC)cc3)nc2)OC1.